The van der Waals surface area contributed by atoms with Crippen molar-refractivity contribution in [2.45, 2.75) is 0 Å². The molecule has 0 aliphatic rings. The summed E-state index contributed by atoms with van der Waals surface area (Å²) in [5.41, 5.74) is 2.94. The molecule has 0 unspecified atom stereocenters. The fraction of sp³-hybridized carbons (Fsp3) is 0.115. The Balaban J connectivity index is 1.54. The molecule has 0 spiro atoms. The highest BCUT2D eigenvalue weighted by molar-refractivity contribution is 6.05. The van der Waals surface area contributed by atoms with E-state index in [1.165, 1.54) is 14.2 Å². The largest absolute Gasteiger partial charge is 0.497 e. The number of hydrogen-bond donors (Lipinski definition) is 1. The SMILES string of the molecule is COc1ccc(OC)c(NC(=O)COC(=O)c2cc(-c3ccccc3)nc3ccccc23)c1. The lowest BCUT2D eigenvalue weighted by molar-refractivity contribution is -0.119. The van der Waals surface area contributed by atoms with Crippen LogP contribution < -0.4 is 14.8 Å². The van der Waals surface area contributed by atoms with Gasteiger partial charge in [-0.25, -0.2) is 9.78 Å². The summed E-state index contributed by atoms with van der Waals surface area (Å²) in [5, 5.41) is 3.33. The first-order valence-electron chi connectivity index (χ1n) is 10.2. The van der Waals surface area contributed by atoms with Gasteiger partial charge in [0.05, 0.1) is 36.7 Å². The molecule has 4 aromatic rings. The minimum Gasteiger partial charge on any atom is -0.497 e. The number of rotatable bonds is 7. The molecule has 0 atom stereocenters. The number of para-hydroxylation sites is 1. The Morgan fingerprint density at radius 2 is 1.64 bits per heavy atom. The lowest BCUT2D eigenvalue weighted by Crippen LogP contribution is -2.21. The number of carbonyl (C=O) groups is 2. The fourth-order valence-electron chi connectivity index (χ4n) is 3.41. The maximum Gasteiger partial charge on any atom is 0.339 e. The van der Waals surface area contributed by atoms with Gasteiger partial charge in [0.2, 0.25) is 0 Å². The summed E-state index contributed by atoms with van der Waals surface area (Å²) in [6.45, 7) is -0.462. The standard InChI is InChI=1S/C26H22N2O5/c1-31-18-12-13-24(32-2)23(14-18)28-25(29)16-33-26(30)20-15-22(17-8-4-3-5-9-17)27-21-11-7-6-10-19(20)21/h3-15H,16H2,1-2H3,(H,28,29). The zero-order valence-corrected chi connectivity index (χ0v) is 18.2. The number of anilines is 1. The van der Waals surface area contributed by atoms with Crippen LogP contribution in [0.4, 0.5) is 5.69 Å². The molecule has 1 aromatic heterocycles. The second kappa shape index (κ2) is 9.82. The number of hydrogen-bond acceptors (Lipinski definition) is 6. The Morgan fingerprint density at radius 3 is 2.39 bits per heavy atom. The highest BCUT2D eigenvalue weighted by Gasteiger charge is 2.17. The van der Waals surface area contributed by atoms with Crippen LogP contribution in [0.5, 0.6) is 11.5 Å². The van der Waals surface area contributed by atoms with Gasteiger partial charge < -0.3 is 19.5 Å². The third-order valence-electron chi connectivity index (χ3n) is 5.02. The van der Waals surface area contributed by atoms with Crippen LogP contribution in [0.15, 0.2) is 78.9 Å². The third kappa shape index (κ3) is 4.93. The van der Waals surface area contributed by atoms with Crippen LogP contribution in [-0.2, 0) is 9.53 Å². The first-order valence-corrected chi connectivity index (χ1v) is 10.2. The van der Waals surface area contributed by atoms with E-state index >= 15 is 0 Å². The van der Waals surface area contributed by atoms with Crippen LogP contribution in [0.1, 0.15) is 10.4 Å². The Hall–Kier alpha value is -4.39. The Kier molecular flexibility index (Phi) is 6.50. The van der Waals surface area contributed by atoms with Crippen LogP contribution in [0.25, 0.3) is 22.2 Å². The van der Waals surface area contributed by atoms with E-state index in [0.29, 0.717) is 39.3 Å². The van der Waals surface area contributed by atoms with Gasteiger partial charge in [0.25, 0.3) is 5.91 Å². The van der Waals surface area contributed by atoms with Crippen molar-refractivity contribution in [2.24, 2.45) is 0 Å². The maximum absolute atomic E-state index is 12.9. The number of pyridine rings is 1. The van der Waals surface area contributed by atoms with Crippen molar-refractivity contribution in [1.29, 1.82) is 0 Å². The lowest BCUT2D eigenvalue weighted by Gasteiger charge is -2.13. The number of amides is 1. The molecule has 33 heavy (non-hydrogen) atoms. The Bertz CT molecular complexity index is 1300. The van der Waals surface area contributed by atoms with Crippen molar-refractivity contribution in [3.63, 3.8) is 0 Å². The molecule has 166 valence electrons. The average molecular weight is 442 g/mol. The number of methoxy groups -OCH3 is 2. The number of aromatic nitrogens is 1. The third-order valence-corrected chi connectivity index (χ3v) is 5.02. The molecule has 0 saturated carbocycles. The number of fused-ring (bicyclic) bond motifs is 1. The fourth-order valence-corrected chi connectivity index (χ4v) is 3.41. The van der Waals surface area contributed by atoms with Crippen molar-refractivity contribution < 1.29 is 23.8 Å². The van der Waals surface area contributed by atoms with E-state index in [-0.39, 0.29) is 0 Å². The molecular formula is C26H22N2O5. The summed E-state index contributed by atoms with van der Waals surface area (Å²) in [7, 11) is 3.02. The van der Waals surface area contributed by atoms with Gasteiger partial charge in [-0.1, -0.05) is 48.5 Å². The predicted octanol–water partition coefficient (Wildman–Crippen LogP) is 4.71. The quantitative estimate of drug-likeness (QED) is 0.417. The predicted molar refractivity (Wildman–Crippen MR) is 126 cm³/mol. The van der Waals surface area contributed by atoms with Crippen molar-refractivity contribution in [2.75, 3.05) is 26.1 Å². The minimum atomic E-state index is -0.612. The van der Waals surface area contributed by atoms with Crippen LogP contribution in [-0.4, -0.2) is 37.7 Å². The van der Waals surface area contributed by atoms with Crippen molar-refractivity contribution in [3.05, 3.63) is 84.4 Å². The summed E-state index contributed by atoms with van der Waals surface area (Å²) in [6, 6.07) is 23.6. The van der Waals surface area contributed by atoms with Gasteiger partial charge in [-0.15, -0.1) is 0 Å². The zero-order valence-electron chi connectivity index (χ0n) is 18.2. The summed E-state index contributed by atoms with van der Waals surface area (Å²) in [5.74, 6) is -0.0991. The summed E-state index contributed by atoms with van der Waals surface area (Å²) in [4.78, 5) is 30.1. The van der Waals surface area contributed by atoms with Crippen molar-refractivity contribution in [3.8, 4) is 22.8 Å². The number of carbonyl (C=O) groups excluding carboxylic acids is 2. The minimum absolute atomic E-state index is 0.339. The molecule has 0 saturated heterocycles. The van der Waals surface area contributed by atoms with E-state index in [9.17, 15) is 9.59 Å². The first kappa shape index (κ1) is 21.8. The Morgan fingerprint density at radius 1 is 0.879 bits per heavy atom. The first-order chi connectivity index (χ1) is 16.1. The second-order valence-corrected chi connectivity index (χ2v) is 7.13. The number of benzene rings is 3. The van der Waals surface area contributed by atoms with E-state index < -0.39 is 18.5 Å². The van der Waals surface area contributed by atoms with Gasteiger partial charge in [-0.05, 0) is 24.3 Å². The monoisotopic (exact) mass is 442 g/mol. The van der Waals surface area contributed by atoms with Crippen LogP contribution >= 0.6 is 0 Å². The molecule has 7 heteroatoms. The normalized spacial score (nSPS) is 10.5. The smallest absolute Gasteiger partial charge is 0.339 e. The summed E-state index contributed by atoms with van der Waals surface area (Å²) in [6.07, 6.45) is 0. The van der Waals surface area contributed by atoms with E-state index in [2.05, 4.69) is 10.3 Å². The zero-order chi connectivity index (χ0) is 23.2. The molecular weight excluding hydrogens is 420 g/mol. The molecule has 0 radical (unpaired) electrons. The van der Waals surface area contributed by atoms with Gasteiger partial charge in [-0.2, -0.15) is 0 Å². The van der Waals surface area contributed by atoms with Gasteiger partial charge in [0.1, 0.15) is 11.5 Å². The van der Waals surface area contributed by atoms with E-state index in [0.717, 1.165) is 5.56 Å². The molecule has 0 aliphatic heterocycles. The van der Waals surface area contributed by atoms with Gasteiger partial charge in [-0.3, -0.25) is 4.79 Å². The van der Waals surface area contributed by atoms with Crippen LogP contribution in [0, 0.1) is 0 Å². The average Bonchev–Trinajstić information content (AvgIpc) is 2.87. The highest BCUT2D eigenvalue weighted by Crippen LogP contribution is 2.29. The Labute approximate surface area is 190 Å². The maximum atomic E-state index is 12.9. The highest BCUT2D eigenvalue weighted by atomic mass is 16.5. The molecule has 0 fully saturated rings. The number of nitrogens with zero attached hydrogens (tertiary/aromatic N) is 1. The molecule has 1 N–H and O–H groups in total. The van der Waals surface area contributed by atoms with E-state index in [1.54, 1.807) is 30.3 Å². The summed E-state index contributed by atoms with van der Waals surface area (Å²) < 4.78 is 15.8. The number of nitrogens with one attached hydrogen (secondary N) is 1. The topological polar surface area (TPSA) is 86.8 Å². The lowest BCUT2D eigenvalue weighted by atomic mass is 10.0. The van der Waals surface area contributed by atoms with Crippen molar-refractivity contribution in [1.82, 2.24) is 4.98 Å². The molecule has 1 amide bonds. The van der Waals surface area contributed by atoms with E-state index in [1.807, 2.05) is 48.5 Å². The molecule has 7 nitrogen and oxygen atoms in total. The van der Waals surface area contributed by atoms with Crippen molar-refractivity contribution >= 4 is 28.5 Å². The van der Waals surface area contributed by atoms with Gasteiger partial charge >= 0.3 is 5.97 Å². The van der Waals surface area contributed by atoms with Crippen LogP contribution in [0.3, 0.4) is 0 Å². The molecule has 1 heterocycles. The van der Waals surface area contributed by atoms with E-state index in [4.69, 9.17) is 14.2 Å². The number of esters is 1. The molecule has 4 rings (SSSR count). The summed E-state index contributed by atoms with van der Waals surface area (Å²) >= 11 is 0. The molecule has 3 aromatic carbocycles. The number of ether oxygens (including phenoxy) is 3. The molecule has 0 aliphatic carbocycles. The second-order valence-electron chi connectivity index (χ2n) is 7.13. The van der Waals surface area contributed by atoms with Gasteiger partial charge in [0, 0.05) is 17.0 Å². The molecule has 0 bridgehead atoms. The van der Waals surface area contributed by atoms with Gasteiger partial charge in [0.15, 0.2) is 6.61 Å². The van der Waals surface area contributed by atoms with Crippen LogP contribution in [0.2, 0.25) is 0 Å².